The summed E-state index contributed by atoms with van der Waals surface area (Å²) in [6, 6.07) is 2.14. The lowest BCUT2D eigenvalue weighted by Gasteiger charge is -2.28. The predicted molar refractivity (Wildman–Crippen MR) is 54.0 cm³/mol. The molecule has 0 spiro atoms. The molecule has 0 N–H and O–H groups in total. The fraction of sp³-hybridized carbons (Fsp3) is 0.889. The highest BCUT2D eigenvalue weighted by molar-refractivity contribution is 7.89. The predicted octanol–water partition coefficient (Wildman–Crippen LogP) is 0.962. The van der Waals surface area contributed by atoms with Crippen molar-refractivity contribution in [2.24, 2.45) is 5.92 Å². The van der Waals surface area contributed by atoms with Crippen molar-refractivity contribution in [1.82, 2.24) is 4.31 Å². The lowest BCUT2D eigenvalue weighted by Crippen LogP contribution is -2.40. The molecule has 1 fully saturated rings. The van der Waals surface area contributed by atoms with E-state index in [1.54, 1.807) is 0 Å². The largest absolute Gasteiger partial charge is 0.214 e. The molecule has 1 saturated heterocycles. The Morgan fingerprint density at radius 2 is 2.29 bits per heavy atom. The smallest absolute Gasteiger partial charge is 0.212 e. The Bertz CT molecular complexity index is 318. The Morgan fingerprint density at radius 3 is 2.86 bits per heavy atom. The second-order valence-corrected chi connectivity index (χ2v) is 5.73. The highest BCUT2D eigenvalue weighted by Gasteiger charge is 2.27. The van der Waals surface area contributed by atoms with Crippen molar-refractivity contribution in [3.63, 3.8) is 0 Å². The van der Waals surface area contributed by atoms with E-state index in [-0.39, 0.29) is 11.7 Å². The maximum absolute atomic E-state index is 11.7. The van der Waals surface area contributed by atoms with Gasteiger partial charge in [-0.25, -0.2) is 12.7 Å². The third kappa shape index (κ3) is 2.69. The molecule has 1 rings (SSSR count). The number of sulfonamides is 1. The summed E-state index contributed by atoms with van der Waals surface area (Å²) in [5.41, 5.74) is 0. The van der Waals surface area contributed by atoms with Gasteiger partial charge in [-0.15, -0.1) is 0 Å². The van der Waals surface area contributed by atoms with E-state index in [9.17, 15) is 8.42 Å². The number of piperidine rings is 1. The van der Waals surface area contributed by atoms with Gasteiger partial charge in [0.15, 0.2) is 0 Å². The average Bonchev–Trinajstić information content (AvgIpc) is 2.18. The van der Waals surface area contributed by atoms with Crippen LogP contribution >= 0.6 is 0 Å². The SMILES string of the molecule is CCCS(=O)(=O)N1CCCC(C#N)C1. The second-order valence-electron chi connectivity index (χ2n) is 3.64. The molecule has 1 unspecified atom stereocenters. The van der Waals surface area contributed by atoms with Crippen LogP contribution in [0.5, 0.6) is 0 Å². The molecule has 0 aromatic heterocycles. The lowest BCUT2D eigenvalue weighted by molar-refractivity contribution is 0.305. The molecule has 4 nitrogen and oxygen atoms in total. The summed E-state index contributed by atoms with van der Waals surface area (Å²) in [5, 5.41) is 8.73. The van der Waals surface area contributed by atoms with Gasteiger partial charge in [0, 0.05) is 13.1 Å². The molecule has 0 saturated carbocycles. The summed E-state index contributed by atoms with van der Waals surface area (Å²) < 4.78 is 24.8. The first-order valence-corrected chi connectivity index (χ1v) is 6.58. The van der Waals surface area contributed by atoms with Gasteiger partial charge in [-0.1, -0.05) is 6.92 Å². The Balaban J connectivity index is 2.65. The van der Waals surface area contributed by atoms with Gasteiger partial charge in [0.2, 0.25) is 10.0 Å². The Labute approximate surface area is 85.6 Å². The summed E-state index contributed by atoms with van der Waals surface area (Å²) in [7, 11) is -3.09. The van der Waals surface area contributed by atoms with Crippen molar-refractivity contribution in [3.8, 4) is 6.07 Å². The van der Waals surface area contributed by atoms with Crippen LogP contribution in [0, 0.1) is 17.2 Å². The van der Waals surface area contributed by atoms with E-state index in [1.165, 1.54) is 4.31 Å². The first-order chi connectivity index (χ1) is 6.60. The molecule has 80 valence electrons. The molecule has 0 bridgehead atoms. The van der Waals surface area contributed by atoms with E-state index in [0.717, 1.165) is 12.8 Å². The molecule has 0 aromatic carbocycles. The van der Waals surface area contributed by atoms with Crippen LogP contribution < -0.4 is 0 Å². The molecule has 14 heavy (non-hydrogen) atoms. The van der Waals surface area contributed by atoms with Crippen LogP contribution in [-0.4, -0.2) is 31.6 Å². The number of rotatable bonds is 3. The normalized spacial score (nSPS) is 24.4. The van der Waals surface area contributed by atoms with Crippen LogP contribution in [0.25, 0.3) is 0 Å². The van der Waals surface area contributed by atoms with Crippen LogP contribution in [0.15, 0.2) is 0 Å². The van der Waals surface area contributed by atoms with E-state index in [0.29, 0.717) is 19.5 Å². The van der Waals surface area contributed by atoms with E-state index < -0.39 is 10.0 Å². The standard InChI is InChI=1S/C9H16N2O2S/c1-2-6-14(12,13)11-5-3-4-9(7-10)8-11/h9H,2-6,8H2,1H3. The molecule has 0 radical (unpaired) electrons. The van der Waals surface area contributed by atoms with Gasteiger partial charge in [-0.05, 0) is 19.3 Å². The molecule has 0 aromatic rings. The number of hydrogen-bond donors (Lipinski definition) is 0. The van der Waals surface area contributed by atoms with Gasteiger partial charge in [0.1, 0.15) is 0 Å². The molecule has 0 amide bonds. The van der Waals surface area contributed by atoms with Gasteiger partial charge in [-0.3, -0.25) is 0 Å². The number of nitriles is 1. The van der Waals surface area contributed by atoms with Gasteiger partial charge in [0.25, 0.3) is 0 Å². The van der Waals surface area contributed by atoms with E-state index in [4.69, 9.17) is 5.26 Å². The monoisotopic (exact) mass is 216 g/mol. The van der Waals surface area contributed by atoms with Crippen molar-refractivity contribution >= 4 is 10.0 Å². The zero-order valence-corrected chi connectivity index (χ0v) is 9.26. The first kappa shape index (κ1) is 11.5. The summed E-state index contributed by atoms with van der Waals surface area (Å²) in [6.45, 7) is 2.82. The first-order valence-electron chi connectivity index (χ1n) is 4.97. The molecule has 1 aliphatic rings. The Kier molecular flexibility index (Phi) is 3.90. The zero-order valence-electron chi connectivity index (χ0n) is 8.44. The third-order valence-electron chi connectivity index (χ3n) is 2.42. The zero-order chi connectivity index (χ0) is 10.6. The van der Waals surface area contributed by atoms with Crippen molar-refractivity contribution in [1.29, 1.82) is 5.26 Å². The highest BCUT2D eigenvalue weighted by Crippen LogP contribution is 2.18. The van der Waals surface area contributed by atoms with Crippen LogP contribution in [-0.2, 0) is 10.0 Å². The van der Waals surface area contributed by atoms with Crippen LogP contribution in [0.1, 0.15) is 26.2 Å². The fourth-order valence-electron chi connectivity index (χ4n) is 1.69. The molecule has 1 aliphatic heterocycles. The maximum Gasteiger partial charge on any atom is 0.214 e. The number of hydrogen-bond acceptors (Lipinski definition) is 3. The molecule has 5 heteroatoms. The molecular formula is C9H16N2O2S. The molecule has 0 aliphatic carbocycles. The van der Waals surface area contributed by atoms with Gasteiger partial charge in [-0.2, -0.15) is 5.26 Å². The van der Waals surface area contributed by atoms with E-state index >= 15 is 0 Å². The minimum atomic E-state index is -3.09. The molecule has 1 heterocycles. The minimum absolute atomic E-state index is 0.115. The summed E-state index contributed by atoms with van der Waals surface area (Å²) in [5.74, 6) is 0.0842. The summed E-state index contributed by atoms with van der Waals surface area (Å²) in [6.07, 6.45) is 2.27. The van der Waals surface area contributed by atoms with Crippen molar-refractivity contribution in [2.45, 2.75) is 26.2 Å². The quantitative estimate of drug-likeness (QED) is 0.706. The summed E-state index contributed by atoms with van der Waals surface area (Å²) >= 11 is 0. The van der Waals surface area contributed by atoms with Crippen LogP contribution in [0.2, 0.25) is 0 Å². The van der Waals surface area contributed by atoms with E-state index in [1.807, 2.05) is 6.92 Å². The van der Waals surface area contributed by atoms with Crippen molar-refractivity contribution in [3.05, 3.63) is 0 Å². The maximum atomic E-state index is 11.7. The topological polar surface area (TPSA) is 61.2 Å². The van der Waals surface area contributed by atoms with E-state index in [2.05, 4.69) is 6.07 Å². The molecule has 1 atom stereocenters. The second kappa shape index (κ2) is 4.76. The lowest BCUT2D eigenvalue weighted by atomic mass is 10.0. The van der Waals surface area contributed by atoms with Crippen molar-refractivity contribution in [2.75, 3.05) is 18.8 Å². The Hall–Kier alpha value is -0.600. The molecular weight excluding hydrogens is 200 g/mol. The minimum Gasteiger partial charge on any atom is -0.212 e. The number of nitrogens with zero attached hydrogens (tertiary/aromatic N) is 2. The van der Waals surface area contributed by atoms with Crippen LogP contribution in [0.4, 0.5) is 0 Å². The van der Waals surface area contributed by atoms with Gasteiger partial charge >= 0.3 is 0 Å². The van der Waals surface area contributed by atoms with Crippen LogP contribution in [0.3, 0.4) is 0 Å². The van der Waals surface area contributed by atoms with Gasteiger partial charge < -0.3 is 0 Å². The average molecular weight is 216 g/mol. The fourth-order valence-corrected chi connectivity index (χ4v) is 3.28. The van der Waals surface area contributed by atoms with Gasteiger partial charge in [0.05, 0.1) is 17.7 Å². The summed E-state index contributed by atoms with van der Waals surface area (Å²) in [4.78, 5) is 0. The Morgan fingerprint density at radius 1 is 1.57 bits per heavy atom. The third-order valence-corrected chi connectivity index (χ3v) is 4.46. The highest BCUT2D eigenvalue weighted by atomic mass is 32.2. The van der Waals surface area contributed by atoms with Crippen molar-refractivity contribution < 1.29 is 8.42 Å².